The topological polar surface area (TPSA) is 76.4 Å². The zero-order valence-corrected chi connectivity index (χ0v) is 12.3. The summed E-state index contributed by atoms with van der Waals surface area (Å²) >= 11 is 0. The highest BCUT2D eigenvalue weighted by Gasteiger charge is 2.26. The second kappa shape index (κ2) is 5.17. The normalized spacial score (nSPS) is 17.2. The van der Waals surface area contributed by atoms with E-state index in [1.165, 1.54) is 19.8 Å². The van der Waals surface area contributed by atoms with Crippen molar-refractivity contribution in [2.45, 2.75) is 44.0 Å². The summed E-state index contributed by atoms with van der Waals surface area (Å²) in [5.41, 5.74) is 0. The SMILES string of the molecule is Cc1oc(C(=O)NC(C)CC2CC2)cc1S(=O)(=O)Cl. The van der Waals surface area contributed by atoms with Gasteiger partial charge in [-0.2, -0.15) is 0 Å². The average molecular weight is 306 g/mol. The molecule has 1 fully saturated rings. The van der Waals surface area contributed by atoms with E-state index in [0.717, 1.165) is 12.5 Å². The first-order valence-electron chi connectivity index (χ1n) is 6.13. The molecule has 1 aliphatic rings. The van der Waals surface area contributed by atoms with Gasteiger partial charge in [0.15, 0.2) is 5.76 Å². The van der Waals surface area contributed by atoms with E-state index in [1.807, 2.05) is 6.92 Å². The lowest BCUT2D eigenvalue weighted by atomic mass is 10.1. The lowest BCUT2D eigenvalue weighted by molar-refractivity contribution is 0.0908. The summed E-state index contributed by atoms with van der Waals surface area (Å²) in [6, 6.07) is 1.21. The number of halogens is 1. The van der Waals surface area contributed by atoms with Crippen molar-refractivity contribution < 1.29 is 17.6 Å². The van der Waals surface area contributed by atoms with Gasteiger partial charge in [0.1, 0.15) is 10.7 Å². The molecule has 0 aromatic carbocycles. The van der Waals surface area contributed by atoms with Crippen LogP contribution in [-0.2, 0) is 9.05 Å². The Hall–Kier alpha value is -1.01. The molecule has 106 valence electrons. The van der Waals surface area contributed by atoms with Crippen molar-refractivity contribution in [3.8, 4) is 0 Å². The second-order valence-corrected chi connectivity index (χ2v) is 7.56. The van der Waals surface area contributed by atoms with Crippen LogP contribution in [0.25, 0.3) is 0 Å². The van der Waals surface area contributed by atoms with Crippen molar-refractivity contribution in [3.63, 3.8) is 0 Å². The highest BCUT2D eigenvalue weighted by molar-refractivity contribution is 8.13. The van der Waals surface area contributed by atoms with Crippen molar-refractivity contribution in [2.75, 3.05) is 0 Å². The molecule has 5 nitrogen and oxygen atoms in total. The number of aryl methyl sites for hydroxylation is 1. The van der Waals surface area contributed by atoms with Crippen LogP contribution in [0.3, 0.4) is 0 Å². The zero-order valence-electron chi connectivity index (χ0n) is 10.8. The summed E-state index contributed by atoms with van der Waals surface area (Å²) in [5, 5.41) is 2.79. The maximum absolute atomic E-state index is 11.9. The van der Waals surface area contributed by atoms with Gasteiger partial charge in [0, 0.05) is 22.8 Å². The van der Waals surface area contributed by atoms with Gasteiger partial charge >= 0.3 is 0 Å². The second-order valence-electron chi connectivity index (χ2n) is 5.02. The number of rotatable bonds is 5. The van der Waals surface area contributed by atoms with Crippen LogP contribution < -0.4 is 5.32 Å². The van der Waals surface area contributed by atoms with Crippen LogP contribution in [0.1, 0.15) is 42.5 Å². The Kier molecular flexibility index (Phi) is 3.92. The number of carbonyl (C=O) groups is 1. The fourth-order valence-corrected chi connectivity index (χ4v) is 3.12. The number of hydrogen-bond acceptors (Lipinski definition) is 4. The van der Waals surface area contributed by atoms with Crippen LogP contribution in [-0.4, -0.2) is 20.4 Å². The van der Waals surface area contributed by atoms with Gasteiger partial charge in [0.05, 0.1) is 0 Å². The van der Waals surface area contributed by atoms with Crippen LogP contribution in [0.4, 0.5) is 0 Å². The minimum Gasteiger partial charge on any atom is -0.455 e. The molecule has 0 radical (unpaired) electrons. The number of nitrogens with one attached hydrogen (secondary N) is 1. The molecule has 2 rings (SSSR count). The van der Waals surface area contributed by atoms with Gasteiger partial charge in [0.25, 0.3) is 15.0 Å². The monoisotopic (exact) mass is 305 g/mol. The van der Waals surface area contributed by atoms with Crippen molar-refractivity contribution in [1.29, 1.82) is 0 Å². The molecular formula is C12H16ClNO4S. The van der Waals surface area contributed by atoms with E-state index in [-0.39, 0.29) is 22.5 Å². The Morgan fingerprint density at radius 3 is 2.68 bits per heavy atom. The van der Waals surface area contributed by atoms with Crippen LogP contribution in [0.15, 0.2) is 15.4 Å². The molecule has 1 amide bonds. The van der Waals surface area contributed by atoms with E-state index in [1.54, 1.807) is 0 Å². The highest BCUT2D eigenvalue weighted by atomic mass is 35.7. The maximum Gasteiger partial charge on any atom is 0.287 e. The standard InChI is InChI=1S/C12H16ClNO4S/c1-7(5-9-3-4-9)14-12(15)10-6-11(8(2)18-10)19(13,16)17/h6-7,9H,3-5H2,1-2H3,(H,14,15). The molecule has 1 unspecified atom stereocenters. The van der Waals surface area contributed by atoms with Gasteiger partial charge in [0.2, 0.25) is 0 Å². The summed E-state index contributed by atoms with van der Waals surface area (Å²) in [5.74, 6) is 0.379. The van der Waals surface area contributed by atoms with E-state index in [2.05, 4.69) is 5.32 Å². The first-order chi connectivity index (χ1) is 8.77. The predicted octanol–water partition coefficient (Wildman–Crippen LogP) is 2.43. The molecule has 1 heterocycles. The molecule has 1 aromatic heterocycles. The van der Waals surface area contributed by atoms with Gasteiger partial charge in [-0.15, -0.1) is 0 Å². The quantitative estimate of drug-likeness (QED) is 0.848. The summed E-state index contributed by atoms with van der Waals surface area (Å²) in [6.07, 6.45) is 3.37. The molecule has 1 atom stereocenters. The summed E-state index contributed by atoms with van der Waals surface area (Å²) in [7, 11) is 1.36. The minimum absolute atomic E-state index is 0.0284. The van der Waals surface area contributed by atoms with E-state index in [0.29, 0.717) is 5.92 Å². The van der Waals surface area contributed by atoms with Crippen molar-refractivity contribution in [1.82, 2.24) is 5.32 Å². The molecule has 19 heavy (non-hydrogen) atoms. The smallest absolute Gasteiger partial charge is 0.287 e. The van der Waals surface area contributed by atoms with Crippen molar-refractivity contribution in [3.05, 3.63) is 17.6 Å². The number of amides is 1. The number of carbonyl (C=O) groups excluding carboxylic acids is 1. The Bertz CT molecular complexity index is 589. The number of furan rings is 1. The number of hydrogen-bond donors (Lipinski definition) is 1. The Labute approximate surface area is 116 Å². The third kappa shape index (κ3) is 3.73. The minimum atomic E-state index is -3.89. The molecule has 0 aliphatic heterocycles. The molecule has 1 N–H and O–H groups in total. The Balaban J connectivity index is 2.06. The van der Waals surface area contributed by atoms with Gasteiger partial charge < -0.3 is 9.73 Å². The van der Waals surface area contributed by atoms with E-state index < -0.39 is 15.0 Å². The third-order valence-electron chi connectivity index (χ3n) is 3.12. The summed E-state index contributed by atoms with van der Waals surface area (Å²) in [4.78, 5) is 11.7. The maximum atomic E-state index is 11.9. The fourth-order valence-electron chi connectivity index (χ4n) is 2.03. The molecule has 0 bridgehead atoms. The third-order valence-corrected chi connectivity index (χ3v) is 4.55. The summed E-state index contributed by atoms with van der Waals surface area (Å²) < 4.78 is 27.6. The predicted molar refractivity (Wildman–Crippen MR) is 70.8 cm³/mol. The lowest BCUT2D eigenvalue weighted by Crippen LogP contribution is -2.32. The summed E-state index contributed by atoms with van der Waals surface area (Å²) in [6.45, 7) is 3.38. The lowest BCUT2D eigenvalue weighted by Gasteiger charge is -2.11. The van der Waals surface area contributed by atoms with E-state index in [4.69, 9.17) is 15.1 Å². The highest BCUT2D eigenvalue weighted by Crippen LogP contribution is 2.33. The van der Waals surface area contributed by atoms with Gasteiger partial charge in [-0.05, 0) is 26.2 Å². The van der Waals surface area contributed by atoms with Crippen LogP contribution in [0, 0.1) is 12.8 Å². The molecule has 7 heteroatoms. The fraction of sp³-hybridized carbons (Fsp3) is 0.583. The van der Waals surface area contributed by atoms with Crippen LogP contribution >= 0.6 is 10.7 Å². The van der Waals surface area contributed by atoms with Crippen molar-refractivity contribution >= 4 is 25.6 Å². The molecule has 1 saturated carbocycles. The van der Waals surface area contributed by atoms with Crippen molar-refractivity contribution in [2.24, 2.45) is 5.92 Å². The molecule has 1 aromatic rings. The van der Waals surface area contributed by atoms with Gasteiger partial charge in [-0.1, -0.05) is 12.8 Å². The molecular weight excluding hydrogens is 290 g/mol. The Morgan fingerprint density at radius 1 is 1.58 bits per heavy atom. The molecule has 1 aliphatic carbocycles. The first kappa shape index (κ1) is 14.4. The Morgan fingerprint density at radius 2 is 2.21 bits per heavy atom. The van der Waals surface area contributed by atoms with Crippen LogP contribution in [0.5, 0.6) is 0 Å². The molecule has 0 spiro atoms. The largest absolute Gasteiger partial charge is 0.455 e. The van der Waals surface area contributed by atoms with Gasteiger partial charge in [-0.25, -0.2) is 8.42 Å². The van der Waals surface area contributed by atoms with E-state index >= 15 is 0 Å². The van der Waals surface area contributed by atoms with Crippen LogP contribution in [0.2, 0.25) is 0 Å². The zero-order chi connectivity index (χ0) is 14.2. The average Bonchev–Trinajstić information content (AvgIpc) is 2.96. The first-order valence-corrected chi connectivity index (χ1v) is 8.44. The van der Waals surface area contributed by atoms with Gasteiger partial charge in [-0.3, -0.25) is 4.79 Å². The molecule has 0 saturated heterocycles. The van der Waals surface area contributed by atoms with E-state index in [9.17, 15) is 13.2 Å².